The third-order valence-corrected chi connectivity index (χ3v) is 6.43. The van der Waals surface area contributed by atoms with Crippen molar-refractivity contribution in [1.29, 1.82) is 0 Å². The molecule has 0 unspecified atom stereocenters. The first-order chi connectivity index (χ1) is 14.6. The van der Waals surface area contributed by atoms with Gasteiger partial charge in [-0.2, -0.15) is 4.57 Å². The first kappa shape index (κ1) is 20.3. The molecule has 2 aromatic carbocycles. The zero-order valence-electron chi connectivity index (χ0n) is 17.4. The summed E-state index contributed by atoms with van der Waals surface area (Å²) in [7, 11) is 0. The topological polar surface area (TPSA) is 65.0 Å². The number of rotatable bonds is 7. The Kier molecular flexibility index (Phi) is 5.97. The molecule has 4 rings (SSSR count). The molecule has 0 aliphatic heterocycles. The Morgan fingerprint density at radius 3 is 2.67 bits per heavy atom. The van der Waals surface area contributed by atoms with Crippen molar-refractivity contribution in [3.63, 3.8) is 0 Å². The van der Waals surface area contributed by atoms with Crippen molar-refractivity contribution in [1.82, 2.24) is 0 Å². The first-order valence-corrected chi connectivity index (χ1v) is 11.2. The van der Waals surface area contributed by atoms with Crippen LogP contribution < -0.4 is 20.8 Å². The summed E-state index contributed by atoms with van der Waals surface area (Å²) in [5.41, 5.74) is 7.11. The van der Waals surface area contributed by atoms with Crippen molar-refractivity contribution >= 4 is 50.4 Å². The normalized spacial score (nSPS) is 11.7. The first-order valence-electron chi connectivity index (χ1n) is 10.4. The van der Waals surface area contributed by atoms with Crippen LogP contribution in [0.5, 0.6) is 0 Å². The lowest BCUT2D eigenvalue weighted by Gasteiger charge is -2.20. The number of nitrogens with zero attached hydrogens (tertiary/aromatic N) is 2. The van der Waals surface area contributed by atoms with Gasteiger partial charge in [0.1, 0.15) is 16.8 Å². The Balaban J connectivity index is 1.72. The molecule has 6 heteroatoms. The van der Waals surface area contributed by atoms with E-state index in [1.807, 2.05) is 42.5 Å². The molecule has 0 amide bonds. The van der Waals surface area contributed by atoms with Crippen molar-refractivity contribution in [2.45, 2.75) is 20.4 Å². The zero-order chi connectivity index (χ0) is 21.1. The summed E-state index contributed by atoms with van der Waals surface area (Å²) in [6, 6.07) is 16.3. The maximum absolute atomic E-state index is 12.6. The molecule has 5 nitrogen and oxygen atoms in total. The standard InChI is InChI=1S/C24H26N3O2S/c1-3-26(4-2)19-11-9-17-15-18(24(28)29-21(17)16-19)10-12-23-27(14-13-25)20-7-5-6-8-22(20)30-23/h5-12,15-16H,3-4,13-14,25H2,1-2H3/q+1/p+1. The van der Waals surface area contributed by atoms with Crippen molar-refractivity contribution in [2.24, 2.45) is 0 Å². The van der Waals surface area contributed by atoms with Crippen molar-refractivity contribution < 1.29 is 14.7 Å². The van der Waals surface area contributed by atoms with Crippen molar-refractivity contribution in [3.8, 4) is 0 Å². The molecule has 2 heterocycles. The van der Waals surface area contributed by atoms with Crippen LogP contribution in [0, 0.1) is 0 Å². The number of aromatic nitrogens is 1. The minimum Gasteiger partial charge on any atom is -0.422 e. The minimum absolute atomic E-state index is 0.319. The van der Waals surface area contributed by atoms with E-state index in [2.05, 4.69) is 47.2 Å². The van der Waals surface area contributed by atoms with Gasteiger partial charge >= 0.3 is 5.63 Å². The van der Waals surface area contributed by atoms with Crippen molar-refractivity contribution in [3.05, 3.63) is 69.5 Å². The van der Waals surface area contributed by atoms with Gasteiger partial charge in [0.05, 0.1) is 5.56 Å². The highest BCUT2D eigenvalue weighted by atomic mass is 32.1. The van der Waals surface area contributed by atoms with E-state index >= 15 is 0 Å². The van der Waals surface area contributed by atoms with Gasteiger partial charge in [0.25, 0.3) is 5.01 Å². The predicted molar refractivity (Wildman–Crippen MR) is 125 cm³/mol. The van der Waals surface area contributed by atoms with Crippen LogP contribution in [0.15, 0.2) is 57.7 Å². The molecule has 2 aromatic heterocycles. The molecule has 0 fully saturated rings. The van der Waals surface area contributed by atoms with E-state index in [9.17, 15) is 4.79 Å². The highest BCUT2D eigenvalue weighted by molar-refractivity contribution is 7.18. The molecule has 0 spiro atoms. The summed E-state index contributed by atoms with van der Waals surface area (Å²) in [6.07, 6.45) is 3.86. The lowest BCUT2D eigenvalue weighted by molar-refractivity contribution is -0.685. The highest BCUT2D eigenvalue weighted by Gasteiger charge is 2.18. The highest BCUT2D eigenvalue weighted by Crippen LogP contribution is 2.24. The number of thiazole rings is 1. The van der Waals surface area contributed by atoms with Crippen LogP contribution in [0.4, 0.5) is 5.69 Å². The van der Waals surface area contributed by atoms with Gasteiger partial charge < -0.3 is 15.1 Å². The Morgan fingerprint density at radius 1 is 1.10 bits per heavy atom. The average Bonchev–Trinajstić information content (AvgIpc) is 3.11. The predicted octanol–water partition coefficient (Wildman–Crippen LogP) is 3.55. The molecule has 0 aliphatic rings. The lowest BCUT2D eigenvalue weighted by atomic mass is 10.1. The Labute approximate surface area is 179 Å². The molecule has 4 aromatic rings. The van der Waals surface area contributed by atoms with Crippen LogP contribution in [-0.4, -0.2) is 19.6 Å². The molecule has 30 heavy (non-hydrogen) atoms. The van der Waals surface area contributed by atoms with Gasteiger partial charge in [0.2, 0.25) is 5.52 Å². The summed E-state index contributed by atoms with van der Waals surface area (Å²) >= 11 is 1.71. The molecule has 0 aliphatic carbocycles. The fourth-order valence-corrected chi connectivity index (χ4v) is 4.83. The van der Waals surface area contributed by atoms with Gasteiger partial charge in [0.15, 0.2) is 6.54 Å². The number of hydrogen-bond acceptors (Lipinski definition) is 4. The molecule has 154 valence electrons. The third-order valence-electron chi connectivity index (χ3n) is 5.30. The van der Waals surface area contributed by atoms with Crippen LogP contribution >= 0.6 is 11.3 Å². The Hall–Kier alpha value is -2.96. The third kappa shape index (κ3) is 3.88. The van der Waals surface area contributed by atoms with E-state index in [1.165, 1.54) is 10.2 Å². The fourth-order valence-electron chi connectivity index (χ4n) is 3.74. The second kappa shape index (κ2) is 8.81. The second-order valence-corrected chi connectivity index (χ2v) is 8.19. The summed E-state index contributed by atoms with van der Waals surface area (Å²) < 4.78 is 9.13. The second-order valence-electron chi connectivity index (χ2n) is 7.13. The molecular formula is C24H27N3O2S+2. The monoisotopic (exact) mass is 421 g/mol. The Morgan fingerprint density at radius 2 is 1.90 bits per heavy atom. The maximum atomic E-state index is 12.6. The van der Waals surface area contributed by atoms with Crippen molar-refractivity contribution in [2.75, 3.05) is 24.5 Å². The quantitative estimate of drug-likeness (QED) is 0.367. The van der Waals surface area contributed by atoms with E-state index in [0.29, 0.717) is 11.1 Å². The van der Waals surface area contributed by atoms with E-state index < -0.39 is 0 Å². The van der Waals surface area contributed by atoms with E-state index in [-0.39, 0.29) is 5.63 Å². The summed E-state index contributed by atoms with van der Waals surface area (Å²) in [5, 5.41) is 2.02. The maximum Gasteiger partial charge on any atom is 0.343 e. The van der Waals surface area contributed by atoms with Crippen LogP contribution in [0.3, 0.4) is 0 Å². The van der Waals surface area contributed by atoms with Gasteiger partial charge in [-0.1, -0.05) is 23.5 Å². The average molecular weight is 422 g/mol. The van der Waals surface area contributed by atoms with Gasteiger partial charge in [0, 0.05) is 42.4 Å². The van der Waals surface area contributed by atoms with Crippen LogP contribution in [-0.2, 0) is 6.54 Å². The summed E-state index contributed by atoms with van der Waals surface area (Å²) in [4.78, 5) is 14.8. The molecule has 3 N–H and O–H groups in total. The molecule has 0 atom stereocenters. The SMILES string of the molecule is CCN(CC)c1ccc2cc(/C=C/c3sc4ccccc4[n+]3CC[NH3+])c(=O)oc2c1. The summed E-state index contributed by atoms with van der Waals surface area (Å²) in [5.74, 6) is 0. The number of benzene rings is 2. The summed E-state index contributed by atoms with van der Waals surface area (Å²) in [6.45, 7) is 7.70. The zero-order valence-corrected chi connectivity index (χ0v) is 18.2. The number of para-hydroxylation sites is 1. The number of quaternary nitrogens is 1. The lowest BCUT2D eigenvalue weighted by Crippen LogP contribution is -2.57. The van der Waals surface area contributed by atoms with Crippen LogP contribution in [0.25, 0.3) is 33.3 Å². The molecule has 0 bridgehead atoms. The van der Waals surface area contributed by atoms with Gasteiger partial charge in [-0.25, -0.2) is 4.79 Å². The van der Waals surface area contributed by atoms with Gasteiger partial charge in [-0.15, -0.1) is 0 Å². The molecule has 0 saturated heterocycles. The molecule has 0 saturated carbocycles. The van der Waals surface area contributed by atoms with E-state index in [4.69, 9.17) is 4.42 Å². The minimum atomic E-state index is -0.319. The largest absolute Gasteiger partial charge is 0.422 e. The molecular weight excluding hydrogens is 394 g/mol. The van der Waals surface area contributed by atoms with Gasteiger partial charge in [-0.3, -0.25) is 0 Å². The number of anilines is 1. The smallest absolute Gasteiger partial charge is 0.343 e. The fraction of sp³-hybridized carbons (Fsp3) is 0.250. The number of fused-ring (bicyclic) bond motifs is 2. The Bertz CT molecular complexity index is 1270. The van der Waals surface area contributed by atoms with E-state index in [1.54, 1.807) is 11.3 Å². The van der Waals surface area contributed by atoms with Gasteiger partial charge in [-0.05, 0) is 44.2 Å². The molecule has 0 radical (unpaired) electrons. The van der Waals surface area contributed by atoms with E-state index in [0.717, 1.165) is 42.3 Å². The van der Waals surface area contributed by atoms with Crippen LogP contribution in [0.1, 0.15) is 24.4 Å². The number of hydrogen-bond donors (Lipinski definition) is 1. The van der Waals surface area contributed by atoms with Crippen LogP contribution in [0.2, 0.25) is 0 Å².